The molecule has 0 radical (unpaired) electrons. The second-order valence-corrected chi connectivity index (χ2v) is 5.87. The smallest absolute Gasteiger partial charge is 0.409 e. The highest BCUT2D eigenvalue weighted by molar-refractivity contribution is 5.67. The third-order valence-corrected chi connectivity index (χ3v) is 4.33. The fourth-order valence-corrected chi connectivity index (χ4v) is 2.93. The van der Waals surface area contributed by atoms with E-state index in [0.717, 1.165) is 36.9 Å². The van der Waals surface area contributed by atoms with Crippen LogP contribution in [0.3, 0.4) is 0 Å². The number of aromatic nitrogens is 2. The predicted molar refractivity (Wildman–Crippen MR) is 94.0 cm³/mol. The van der Waals surface area contributed by atoms with Crippen LogP contribution in [0.2, 0.25) is 0 Å². The van der Waals surface area contributed by atoms with Crippen LogP contribution in [0.5, 0.6) is 5.75 Å². The predicted octanol–water partition coefficient (Wildman–Crippen LogP) is 2.16. The zero-order valence-electron chi connectivity index (χ0n) is 14.7. The molecule has 0 spiro atoms. The summed E-state index contributed by atoms with van der Waals surface area (Å²) >= 11 is 0. The third-order valence-electron chi connectivity index (χ3n) is 4.33. The Morgan fingerprint density at radius 1 is 1.16 bits per heavy atom. The molecule has 1 aromatic carbocycles. The van der Waals surface area contributed by atoms with Crippen molar-refractivity contribution < 1.29 is 14.3 Å². The van der Waals surface area contributed by atoms with Gasteiger partial charge in [-0.15, -0.1) is 0 Å². The van der Waals surface area contributed by atoms with E-state index in [0.29, 0.717) is 19.7 Å². The molecule has 2 heterocycles. The van der Waals surface area contributed by atoms with Gasteiger partial charge in [0.1, 0.15) is 11.6 Å². The second-order valence-electron chi connectivity index (χ2n) is 5.87. The molecular weight excluding hydrogens is 320 g/mol. The van der Waals surface area contributed by atoms with Crippen molar-refractivity contribution in [2.75, 3.05) is 39.9 Å². The molecular formula is C18H24N4O3. The van der Waals surface area contributed by atoms with Gasteiger partial charge in [-0.1, -0.05) is 0 Å². The Hall–Kier alpha value is -2.54. The van der Waals surface area contributed by atoms with Crippen LogP contribution in [0.4, 0.5) is 4.79 Å². The topological polar surface area (TPSA) is 59.8 Å². The van der Waals surface area contributed by atoms with Crippen LogP contribution in [-0.2, 0) is 11.3 Å². The van der Waals surface area contributed by atoms with Crippen molar-refractivity contribution in [3.63, 3.8) is 0 Å². The molecule has 1 amide bonds. The fraction of sp³-hybridized carbons (Fsp3) is 0.444. The minimum atomic E-state index is -0.220. The highest BCUT2D eigenvalue weighted by Gasteiger charge is 2.22. The average Bonchev–Trinajstić information content (AvgIpc) is 3.10. The van der Waals surface area contributed by atoms with E-state index in [1.54, 1.807) is 12.0 Å². The van der Waals surface area contributed by atoms with E-state index < -0.39 is 0 Å². The van der Waals surface area contributed by atoms with Crippen molar-refractivity contribution in [3.05, 3.63) is 42.5 Å². The minimum absolute atomic E-state index is 0.220. The quantitative estimate of drug-likeness (QED) is 0.832. The number of rotatable bonds is 5. The molecule has 2 aromatic rings. The van der Waals surface area contributed by atoms with E-state index >= 15 is 0 Å². The van der Waals surface area contributed by atoms with Gasteiger partial charge in [-0.05, 0) is 31.2 Å². The van der Waals surface area contributed by atoms with Gasteiger partial charge < -0.3 is 18.9 Å². The summed E-state index contributed by atoms with van der Waals surface area (Å²) in [6, 6.07) is 7.92. The first kappa shape index (κ1) is 17.3. The van der Waals surface area contributed by atoms with Crippen LogP contribution in [0.1, 0.15) is 12.7 Å². The molecule has 25 heavy (non-hydrogen) atoms. The van der Waals surface area contributed by atoms with E-state index in [1.165, 1.54) is 0 Å². The summed E-state index contributed by atoms with van der Waals surface area (Å²) in [5.74, 6) is 1.82. The molecule has 134 valence electrons. The molecule has 0 bridgehead atoms. The molecule has 0 unspecified atom stereocenters. The molecule has 1 saturated heterocycles. The maximum absolute atomic E-state index is 11.8. The number of carbonyl (C=O) groups is 1. The van der Waals surface area contributed by atoms with E-state index in [2.05, 4.69) is 14.5 Å². The first-order valence-electron chi connectivity index (χ1n) is 8.52. The van der Waals surface area contributed by atoms with Crippen LogP contribution in [0, 0.1) is 0 Å². The Balaban J connectivity index is 1.61. The van der Waals surface area contributed by atoms with E-state index in [1.807, 2.05) is 43.6 Å². The summed E-state index contributed by atoms with van der Waals surface area (Å²) in [5.41, 5.74) is 1.05. The Kier molecular flexibility index (Phi) is 5.55. The molecule has 1 fully saturated rings. The van der Waals surface area contributed by atoms with E-state index in [9.17, 15) is 4.79 Å². The molecule has 1 aliphatic heterocycles. The van der Waals surface area contributed by atoms with Crippen molar-refractivity contribution in [2.45, 2.75) is 13.5 Å². The molecule has 1 aliphatic rings. The number of benzene rings is 1. The standard InChI is InChI=1S/C18H24N4O3/c1-3-25-18(23)21-12-10-20(11-13-21)14-17-19-8-9-22(17)15-4-6-16(24-2)7-5-15/h4-9H,3,10-14H2,1-2H3. The summed E-state index contributed by atoms with van der Waals surface area (Å²) in [4.78, 5) is 20.3. The first-order valence-corrected chi connectivity index (χ1v) is 8.52. The molecule has 0 N–H and O–H groups in total. The molecule has 3 rings (SSSR count). The second kappa shape index (κ2) is 8.02. The maximum atomic E-state index is 11.8. The third kappa shape index (κ3) is 4.11. The minimum Gasteiger partial charge on any atom is -0.497 e. The lowest BCUT2D eigenvalue weighted by Crippen LogP contribution is -2.48. The maximum Gasteiger partial charge on any atom is 0.409 e. The van der Waals surface area contributed by atoms with Gasteiger partial charge in [0.2, 0.25) is 0 Å². The zero-order valence-corrected chi connectivity index (χ0v) is 14.7. The van der Waals surface area contributed by atoms with Gasteiger partial charge in [0.05, 0.1) is 20.3 Å². The summed E-state index contributed by atoms with van der Waals surface area (Å²) in [5, 5.41) is 0. The van der Waals surface area contributed by atoms with Crippen molar-refractivity contribution in [1.29, 1.82) is 0 Å². The lowest BCUT2D eigenvalue weighted by Gasteiger charge is -2.33. The van der Waals surface area contributed by atoms with Crippen LogP contribution in [0.25, 0.3) is 5.69 Å². The van der Waals surface area contributed by atoms with E-state index in [4.69, 9.17) is 9.47 Å². The summed E-state index contributed by atoms with van der Waals surface area (Å²) < 4.78 is 12.4. The van der Waals surface area contributed by atoms with E-state index in [-0.39, 0.29) is 6.09 Å². The molecule has 7 heteroatoms. The molecule has 0 atom stereocenters. The van der Waals surface area contributed by atoms with Crippen LogP contribution in [0.15, 0.2) is 36.7 Å². The van der Waals surface area contributed by atoms with Gasteiger partial charge in [0.25, 0.3) is 0 Å². The molecule has 0 saturated carbocycles. The van der Waals surface area contributed by atoms with Crippen molar-refractivity contribution in [2.24, 2.45) is 0 Å². The Morgan fingerprint density at radius 3 is 2.52 bits per heavy atom. The number of imidazole rings is 1. The zero-order chi connectivity index (χ0) is 17.6. The first-order chi connectivity index (χ1) is 12.2. The fourth-order valence-electron chi connectivity index (χ4n) is 2.93. The monoisotopic (exact) mass is 344 g/mol. The Bertz CT molecular complexity index is 691. The summed E-state index contributed by atoms with van der Waals surface area (Å²) in [6.45, 7) is 5.98. The SMILES string of the molecule is CCOC(=O)N1CCN(Cc2nccn2-c2ccc(OC)cc2)CC1. The number of hydrogen-bond acceptors (Lipinski definition) is 5. The lowest BCUT2D eigenvalue weighted by atomic mass is 10.3. The van der Waals surface area contributed by atoms with Gasteiger partial charge in [0.15, 0.2) is 0 Å². The number of hydrogen-bond donors (Lipinski definition) is 0. The Labute approximate surface area is 147 Å². The average molecular weight is 344 g/mol. The van der Waals surface area contributed by atoms with Crippen LogP contribution < -0.4 is 4.74 Å². The molecule has 1 aromatic heterocycles. The number of methoxy groups -OCH3 is 1. The summed E-state index contributed by atoms with van der Waals surface area (Å²) in [6.07, 6.45) is 3.56. The van der Waals surface area contributed by atoms with Gasteiger partial charge in [0, 0.05) is 44.3 Å². The van der Waals surface area contributed by atoms with Crippen LogP contribution >= 0.6 is 0 Å². The van der Waals surface area contributed by atoms with Crippen molar-refractivity contribution in [1.82, 2.24) is 19.4 Å². The van der Waals surface area contributed by atoms with Gasteiger partial charge in [-0.3, -0.25) is 4.90 Å². The molecule has 0 aliphatic carbocycles. The highest BCUT2D eigenvalue weighted by Crippen LogP contribution is 2.17. The van der Waals surface area contributed by atoms with Gasteiger partial charge >= 0.3 is 6.09 Å². The van der Waals surface area contributed by atoms with Gasteiger partial charge in [-0.2, -0.15) is 0 Å². The van der Waals surface area contributed by atoms with Crippen LogP contribution in [-0.4, -0.2) is 65.3 Å². The summed E-state index contributed by atoms with van der Waals surface area (Å²) in [7, 11) is 1.66. The number of nitrogens with zero attached hydrogens (tertiary/aromatic N) is 4. The molecule has 7 nitrogen and oxygen atoms in total. The number of piperazine rings is 1. The number of amides is 1. The largest absolute Gasteiger partial charge is 0.497 e. The van der Waals surface area contributed by atoms with Crippen molar-refractivity contribution >= 4 is 6.09 Å². The number of ether oxygens (including phenoxy) is 2. The number of carbonyl (C=O) groups excluding carboxylic acids is 1. The lowest BCUT2D eigenvalue weighted by molar-refractivity contribution is 0.0770. The Morgan fingerprint density at radius 2 is 1.88 bits per heavy atom. The normalized spacial score (nSPS) is 15.2. The van der Waals surface area contributed by atoms with Crippen molar-refractivity contribution in [3.8, 4) is 11.4 Å². The van der Waals surface area contributed by atoms with Gasteiger partial charge in [-0.25, -0.2) is 9.78 Å². The highest BCUT2D eigenvalue weighted by atomic mass is 16.6.